The molecule has 0 fully saturated rings. The van der Waals surface area contributed by atoms with Gasteiger partial charge in [0.1, 0.15) is 5.75 Å². The first-order chi connectivity index (χ1) is 7.31. The van der Waals surface area contributed by atoms with Gasteiger partial charge >= 0.3 is 0 Å². The lowest BCUT2D eigenvalue weighted by molar-refractivity contribution is 0.171. The van der Waals surface area contributed by atoms with E-state index in [1.807, 2.05) is 0 Å². The molecule has 1 aromatic carbocycles. The fourth-order valence-electron chi connectivity index (χ4n) is 1.57. The molecule has 0 radical (unpaired) electrons. The summed E-state index contributed by atoms with van der Waals surface area (Å²) in [4.78, 5) is 0. The maximum atomic E-state index is 5.31. The number of hydrogen-bond acceptors (Lipinski definition) is 4. The first-order valence-electron chi connectivity index (χ1n) is 4.48. The van der Waals surface area contributed by atoms with Gasteiger partial charge in [0.15, 0.2) is 11.5 Å². The number of fused-ring (bicyclic) bond motifs is 1. The quantitative estimate of drug-likeness (QED) is 0.762. The van der Waals surface area contributed by atoms with Crippen LogP contribution in [0, 0.1) is 0 Å². The number of methoxy groups -OCH3 is 2. The molecule has 15 heavy (non-hydrogen) atoms. The van der Waals surface area contributed by atoms with Crippen LogP contribution in [0.4, 0.5) is 0 Å². The molecule has 0 aliphatic carbocycles. The lowest BCUT2D eigenvalue weighted by Gasteiger charge is -2.12. The Kier molecular flexibility index (Phi) is 2.41. The van der Waals surface area contributed by atoms with Crippen molar-refractivity contribution in [3.05, 3.63) is 18.2 Å². The SMILES string of the molecule is C=Cc1c(OC)cc2c(c1OC)OCO2. The average molecular weight is 208 g/mol. The van der Waals surface area contributed by atoms with Gasteiger partial charge in [-0.2, -0.15) is 0 Å². The molecule has 1 heterocycles. The molecule has 0 saturated carbocycles. The molecule has 1 aromatic rings. The van der Waals surface area contributed by atoms with E-state index < -0.39 is 0 Å². The lowest BCUT2D eigenvalue weighted by atomic mass is 10.1. The van der Waals surface area contributed by atoms with Crippen LogP contribution >= 0.6 is 0 Å². The Labute approximate surface area is 88.0 Å². The van der Waals surface area contributed by atoms with Crippen LogP contribution in [-0.4, -0.2) is 21.0 Å². The van der Waals surface area contributed by atoms with E-state index in [1.165, 1.54) is 0 Å². The van der Waals surface area contributed by atoms with Gasteiger partial charge in [0.25, 0.3) is 0 Å². The van der Waals surface area contributed by atoms with E-state index >= 15 is 0 Å². The van der Waals surface area contributed by atoms with Crippen molar-refractivity contribution in [1.29, 1.82) is 0 Å². The van der Waals surface area contributed by atoms with Crippen molar-refractivity contribution in [3.63, 3.8) is 0 Å². The highest BCUT2D eigenvalue weighted by Gasteiger charge is 2.24. The molecule has 0 unspecified atom stereocenters. The van der Waals surface area contributed by atoms with E-state index in [0.717, 1.165) is 5.56 Å². The van der Waals surface area contributed by atoms with Crippen LogP contribution in [0.1, 0.15) is 5.56 Å². The zero-order valence-corrected chi connectivity index (χ0v) is 8.70. The molecule has 1 aliphatic rings. The second-order valence-electron chi connectivity index (χ2n) is 2.96. The van der Waals surface area contributed by atoms with Gasteiger partial charge in [-0.3, -0.25) is 0 Å². The fourth-order valence-corrected chi connectivity index (χ4v) is 1.57. The third-order valence-electron chi connectivity index (χ3n) is 2.25. The Hall–Kier alpha value is -1.84. The van der Waals surface area contributed by atoms with Crippen molar-refractivity contribution >= 4 is 6.08 Å². The summed E-state index contributed by atoms with van der Waals surface area (Å²) < 4.78 is 21.1. The maximum Gasteiger partial charge on any atom is 0.231 e. The van der Waals surface area contributed by atoms with Gasteiger partial charge in [-0.05, 0) is 0 Å². The number of hydrogen-bond donors (Lipinski definition) is 0. The van der Waals surface area contributed by atoms with Crippen LogP contribution in [0.2, 0.25) is 0 Å². The molecular formula is C11H12O4. The van der Waals surface area contributed by atoms with Crippen molar-refractivity contribution in [2.75, 3.05) is 21.0 Å². The second kappa shape index (κ2) is 3.73. The van der Waals surface area contributed by atoms with Crippen LogP contribution in [0.25, 0.3) is 6.08 Å². The van der Waals surface area contributed by atoms with E-state index in [4.69, 9.17) is 18.9 Å². The summed E-state index contributed by atoms with van der Waals surface area (Å²) in [5.74, 6) is 2.49. The highest BCUT2D eigenvalue weighted by Crippen LogP contribution is 2.47. The van der Waals surface area contributed by atoms with Crippen LogP contribution in [0.5, 0.6) is 23.0 Å². The van der Waals surface area contributed by atoms with Gasteiger partial charge in [0, 0.05) is 6.07 Å². The minimum absolute atomic E-state index is 0.204. The molecule has 0 N–H and O–H groups in total. The van der Waals surface area contributed by atoms with Gasteiger partial charge in [-0.1, -0.05) is 12.7 Å². The molecule has 1 aliphatic heterocycles. The van der Waals surface area contributed by atoms with Gasteiger partial charge in [0.05, 0.1) is 19.8 Å². The summed E-state index contributed by atoms with van der Waals surface area (Å²) in [6.07, 6.45) is 1.67. The van der Waals surface area contributed by atoms with Crippen molar-refractivity contribution in [1.82, 2.24) is 0 Å². The van der Waals surface area contributed by atoms with E-state index in [0.29, 0.717) is 23.0 Å². The molecule has 80 valence electrons. The molecule has 0 saturated heterocycles. The minimum Gasteiger partial charge on any atom is -0.496 e. The molecular weight excluding hydrogens is 196 g/mol. The van der Waals surface area contributed by atoms with Gasteiger partial charge in [-0.25, -0.2) is 0 Å². The minimum atomic E-state index is 0.204. The van der Waals surface area contributed by atoms with E-state index in [2.05, 4.69) is 6.58 Å². The highest BCUT2D eigenvalue weighted by molar-refractivity contribution is 5.72. The summed E-state index contributed by atoms with van der Waals surface area (Å²) in [7, 11) is 3.16. The summed E-state index contributed by atoms with van der Waals surface area (Å²) in [6, 6.07) is 1.77. The lowest BCUT2D eigenvalue weighted by Crippen LogP contribution is -1.95. The standard InChI is InChI=1S/C11H12O4/c1-4-7-8(12-2)5-9-11(10(7)13-3)15-6-14-9/h4-5H,1,6H2,2-3H3. The number of rotatable bonds is 3. The predicted octanol–water partition coefficient (Wildman–Crippen LogP) is 2.08. The monoisotopic (exact) mass is 208 g/mol. The smallest absolute Gasteiger partial charge is 0.231 e. The molecule has 0 aromatic heterocycles. The third-order valence-corrected chi connectivity index (χ3v) is 2.25. The molecule has 0 spiro atoms. The van der Waals surface area contributed by atoms with Crippen LogP contribution in [-0.2, 0) is 0 Å². The van der Waals surface area contributed by atoms with Crippen molar-refractivity contribution in [2.24, 2.45) is 0 Å². The van der Waals surface area contributed by atoms with E-state index in [9.17, 15) is 0 Å². The summed E-state index contributed by atoms with van der Waals surface area (Å²) >= 11 is 0. The molecule has 0 atom stereocenters. The summed E-state index contributed by atoms with van der Waals surface area (Å²) in [5, 5.41) is 0. The summed E-state index contributed by atoms with van der Waals surface area (Å²) in [5.41, 5.74) is 0.768. The van der Waals surface area contributed by atoms with Crippen molar-refractivity contribution < 1.29 is 18.9 Å². The molecule has 2 rings (SSSR count). The Morgan fingerprint density at radius 3 is 2.73 bits per heavy atom. The molecule has 4 nitrogen and oxygen atoms in total. The van der Waals surface area contributed by atoms with Gasteiger partial charge in [0.2, 0.25) is 12.5 Å². The zero-order chi connectivity index (χ0) is 10.8. The fraction of sp³-hybridized carbons (Fsp3) is 0.273. The highest BCUT2D eigenvalue weighted by atomic mass is 16.7. The Morgan fingerprint density at radius 2 is 2.13 bits per heavy atom. The average Bonchev–Trinajstić information content (AvgIpc) is 2.73. The Balaban J connectivity index is 2.66. The van der Waals surface area contributed by atoms with Gasteiger partial charge in [-0.15, -0.1) is 0 Å². The Morgan fingerprint density at radius 1 is 1.33 bits per heavy atom. The Bertz CT molecular complexity index is 398. The normalized spacial score (nSPS) is 12.4. The van der Waals surface area contributed by atoms with Crippen LogP contribution in [0.15, 0.2) is 12.6 Å². The van der Waals surface area contributed by atoms with Crippen molar-refractivity contribution in [3.8, 4) is 23.0 Å². The topological polar surface area (TPSA) is 36.9 Å². The molecule has 0 bridgehead atoms. The number of ether oxygens (including phenoxy) is 4. The first-order valence-corrected chi connectivity index (χ1v) is 4.48. The van der Waals surface area contributed by atoms with Gasteiger partial charge < -0.3 is 18.9 Å². The van der Waals surface area contributed by atoms with E-state index in [-0.39, 0.29) is 6.79 Å². The predicted molar refractivity (Wildman–Crippen MR) is 55.8 cm³/mol. The second-order valence-corrected chi connectivity index (χ2v) is 2.96. The third kappa shape index (κ3) is 1.38. The van der Waals surface area contributed by atoms with E-state index in [1.54, 1.807) is 26.4 Å². The molecule has 4 heteroatoms. The number of benzene rings is 1. The van der Waals surface area contributed by atoms with Crippen molar-refractivity contribution in [2.45, 2.75) is 0 Å². The zero-order valence-electron chi connectivity index (χ0n) is 8.70. The summed E-state index contributed by atoms with van der Waals surface area (Å²) in [6.45, 7) is 3.92. The van der Waals surface area contributed by atoms with Crippen LogP contribution in [0.3, 0.4) is 0 Å². The maximum absolute atomic E-state index is 5.31. The van der Waals surface area contributed by atoms with Crippen LogP contribution < -0.4 is 18.9 Å². The molecule has 0 amide bonds. The first kappa shape index (κ1) is 9.71. The largest absolute Gasteiger partial charge is 0.496 e.